The third-order valence-electron chi connectivity index (χ3n) is 1.24. The molecule has 0 rings (SSSR count). The molecular weight excluding hydrogens is 202 g/mol. The number of carbonyl (C=O) groups is 3. The summed E-state index contributed by atoms with van der Waals surface area (Å²) in [5, 5.41) is 14.6. The molecule has 8 heteroatoms. The van der Waals surface area contributed by atoms with Gasteiger partial charge in [-0.05, 0) is 0 Å². The predicted molar refractivity (Wildman–Crippen MR) is 49.2 cm³/mol. The maximum atomic E-state index is 10.9. The summed E-state index contributed by atoms with van der Waals surface area (Å²) >= 11 is 0. The van der Waals surface area contributed by atoms with E-state index in [1.807, 2.05) is 0 Å². The predicted octanol–water partition coefficient (Wildman–Crippen LogP) is -2.59. The summed E-state index contributed by atoms with van der Waals surface area (Å²) in [6.07, 6.45) is 0. The van der Waals surface area contributed by atoms with Gasteiger partial charge in [0.25, 0.3) is 0 Å². The summed E-state index contributed by atoms with van der Waals surface area (Å²) < 4.78 is 0. The van der Waals surface area contributed by atoms with Crippen LogP contribution >= 0.6 is 0 Å². The van der Waals surface area contributed by atoms with Gasteiger partial charge in [0, 0.05) is 13.1 Å². The van der Waals surface area contributed by atoms with E-state index < -0.39 is 17.8 Å². The molecule has 15 heavy (non-hydrogen) atoms. The topological polar surface area (TPSA) is 137 Å². The second-order valence-corrected chi connectivity index (χ2v) is 2.39. The summed E-state index contributed by atoms with van der Waals surface area (Å²) in [4.78, 5) is 32.0. The maximum Gasteiger partial charge on any atom is 0.312 e. The van der Waals surface area contributed by atoms with Crippen molar-refractivity contribution in [2.45, 2.75) is 0 Å². The second-order valence-electron chi connectivity index (χ2n) is 2.39. The average molecular weight is 213 g/mol. The van der Waals surface area contributed by atoms with E-state index in [4.69, 9.17) is 11.0 Å². The van der Waals surface area contributed by atoms with Crippen LogP contribution in [-0.2, 0) is 9.59 Å². The highest BCUT2D eigenvalue weighted by molar-refractivity contribution is 6.35. The Bertz CT molecular complexity index is 295. The van der Waals surface area contributed by atoms with Crippen LogP contribution in [0.1, 0.15) is 0 Å². The van der Waals surface area contributed by atoms with Crippen molar-refractivity contribution in [1.29, 1.82) is 5.26 Å². The molecule has 0 aliphatic carbocycles. The first-order chi connectivity index (χ1) is 7.07. The molecule has 0 saturated carbocycles. The Labute approximate surface area is 85.8 Å². The Morgan fingerprint density at radius 3 is 2.13 bits per heavy atom. The van der Waals surface area contributed by atoms with Crippen LogP contribution in [0.15, 0.2) is 0 Å². The molecular formula is C7H11N5O3. The van der Waals surface area contributed by atoms with Gasteiger partial charge in [0.2, 0.25) is 0 Å². The van der Waals surface area contributed by atoms with Gasteiger partial charge < -0.3 is 21.7 Å². The third kappa shape index (κ3) is 6.83. The Balaban J connectivity index is 3.61. The number of nitrogens with two attached hydrogens (primary N) is 1. The average Bonchev–Trinajstić information content (AvgIpc) is 2.20. The minimum Gasteiger partial charge on any atom is -0.352 e. The standard InChI is InChI=1S/C7H11N5O3/c8-1-2-10-5(13)6(14)11-3-4-12-7(9)15/h2-4H2,(H,10,13)(H,11,14)(H3,9,12,15). The summed E-state index contributed by atoms with van der Waals surface area (Å²) in [5.74, 6) is -1.76. The van der Waals surface area contributed by atoms with Gasteiger partial charge in [0.05, 0.1) is 6.07 Å². The van der Waals surface area contributed by atoms with Crippen LogP contribution in [0.25, 0.3) is 0 Å². The van der Waals surface area contributed by atoms with E-state index in [1.54, 1.807) is 6.07 Å². The van der Waals surface area contributed by atoms with Crippen LogP contribution < -0.4 is 21.7 Å². The molecule has 0 aliphatic heterocycles. The highest BCUT2D eigenvalue weighted by Crippen LogP contribution is 1.68. The van der Waals surface area contributed by atoms with Crippen LogP contribution in [0.5, 0.6) is 0 Å². The highest BCUT2D eigenvalue weighted by Gasteiger charge is 2.11. The third-order valence-corrected chi connectivity index (χ3v) is 1.24. The molecule has 0 atom stereocenters. The fourth-order valence-corrected chi connectivity index (χ4v) is 0.642. The Hall–Kier alpha value is -2.30. The van der Waals surface area contributed by atoms with E-state index in [0.29, 0.717) is 0 Å². The minimum atomic E-state index is -0.893. The molecule has 0 aromatic carbocycles. The van der Waals surface area contributed by atoms with Gasteiger partial charge in [-0.3, -0.25) is 9.59 Å². The zero-order chi connectivity index (χ0) is 11.7. The molecule has 82 valence electrons. The molecule has 8 nitrogen and oxygen atoms in total. The molecule has 0 aromatic rings. The van der Waals surface area contributed by atoms with Gasteiger partial charge in [0.1, 0.15) is 6.54 Å². The minimum absolute atomic E-state index is 0.0851. The summed E-state index contributed by atoms with van der Waals surface area (Å²) in [7, 11) is 0. The largest absolute Gasteiger partial charge is 0.352 e. The number of primary amides is 1. The fourth-order valence-electron chi connectivity index (χ4n) is 0.642. The second kappa shape index (κ2) is 7.14. The lowest BCUT2D eigenvalue weighted by Gasteiger charge is -2.04. The first-order valence-electron chi connectivity index (χ1n) is 4.04. The number of hydrogen-bond donors (Lipinski definition) is 4. The van der Waals surface area contributed by atoms with E-state index >= 15 is 0 Å². The van der Waals surface area contributed by atoms with Crippen LogP contribution in [0.3, 0.4) is 0 Å². The molecule has 0 spiro atoms. The monoisotopic (exact) mass is 213 g/mol. The van der Waals surface area contributed by atoms with Crippen LogP contribution in [-0.4, -0.2) is 37.5 Å². The lowest BCUT2D eigenvalue weighted by Crippen LogP contribution is -2.43. The van der Waals surface area contributed by atoms with Gasteiger partial charge in [-0.25, -0.2) is 4.79 Å². The van der Waals surface area contributed by atoms with E-state index in [2.05, 4.69) is 16.0 Å². The lowest BCUT2D eigenvalue weighted by atomic mass is 10.5. The van der Waals surface area contributed by atoms with E-state index in [9.17, 15) is 14.4 Å². The molecule has 0 heterocycles. The lowest BCUT2D eigenvalue weighted by molar-refractivity contribution is -0.139. The van der Waals surface area contributed by atoms with E-state index in [1.165, 1.54) is 0 Å². The Morgan fingerprint density at radius 2 is 1.60 bits per heavy atom. The Kier molecular flexibility index (Phi) is 6.04. The number of hydrogen-bond acceptors (Lipinski definition) is 4. The molecule has 0 aliphatic rings. The van der Waals surface area contributed by atoms with Crippen molar-refractivity contribution in [2.75, 3.05) is 19.6 Å². The summed E-state index contributed by atoms with van der Waals surface area (Å²) in [5.41, 5.74) is 4.76. The maximum absolute atomic E-state index is 10.9. The van der Waals surface area contributed by atoms with Crippen molar-refractivity contribution >= 4 is 17.8 Å². The molecule has 0 bridgehead atoms. The van der Waals surface area contributed by atoms with Crippen molar-refractivity contribution in [3.63, 3.8) is 0 Å². The van der Waals surface area contributed by atoms with Gasteiger partial charge in [-0.1, -0.05) is 0 Å². The quantitative estimate of drug-likeness (QED) is 0.231. The van der Waals surface area contributed by atoms with E-state index in [-0.39, 0.29) is 19.6 Å². The smallest absolute Gasteiger partial charge is 0.312 e. The molecule has 0 radical (unpaired) electrons. The van der Waals surface area contributed by atoms with Crippen molar-refractivity contribution in [1.82, 2.24) is 16.0 Å². The van der Waals surface area contributed by atoms with Gasteiger partial charge in [-0.2, -0.15) is 5.26 Å². The van der Waals surface area contributed by atoms with Crippen LogP contribution in [0.2, 0.25) is 0 Å². The number of urea groups is 1. The number of carbonyl (C=O) groups excluding carboxylic acids is 3. The van der Waals surface area contributed by atoms with Crippen LogP contribution in [0, 0.1) is 11.3 Å². The summed E-state index contributed by atoms with van der Waals surface area (Å²) in [6.45, 7) is -0.0138. The van der Waals surface area contributed by atoms with Crippen molar-refractivity contribution in [3.8, 4) is 6.07 Å². The normalized spacial score (nSPS) is 8.47. The zero-order valence-corrected chi connectivity index (χ0v) is 7.87. The molecule has 0 fully saturated rings. The first-order valence-corrected chi connectivity index (χ1v) is 4.04. The van der Waals surface area contributed by atoms with E-state index in [0.717, 1.165) is 0 Å². The van der Waals surface area contributed by atoms with Gasteiger partial charge in [0.15, 0.2) is 0 Å². The zero-order valence-electron chi connectivity index (χ0n) is 7.87. The van der Waals surface area contributed by atoms with Gasteiger partial charge >= 0.3 is 17.8 Å². The fraction of sp³-hybridized carbons (Fsp3) is 0.429. The number of nitriles is 1. The number of nitrogens with zero attached hydrogens (tertiary/aromatic N) is 1. The van der Waals surface area contributed by atoms with Gasteiger partial charge in [-0.15, -0.1) is 0 Å². The molecule has 0 aromatic heterocycles. The SMILES string of the molecule is N#CCNC(=O)C(=O)NCCNC(N)=O. The number of amides is 4. The summed E-state index contributed by atoms with van der Waals surface area (Å²) in [6, 6.07) is 0.940. The highest BCUT2D eigenvalue weighted by atomic mass is 16.2. The molecule has 5 N–H and O–H groups in total. The van der Waals surface area contributed by atoms with Crippen LogP contribution in [0.4, 0.5) is 4.79 Å². The van der Waals surface area contributed by atoms with Crippen molar-refractivity contribution < 1.29 is 14.4 Å². The first kappa shape index (κ1) is 12.7. The molecule has 0 unspecified atom stereocenters. The van der Waals surface area contributed by atoms with Crippen molar-refractivity contribution in [3.05, 3.63) is 0 Å². The van der Waals surface area contributed by atoms with Crippen molar-refractivity contribution in [2.24, 2.45) is 5.73 Å². The molecule has 0 saturated heterocycles. The Morgan fingerprint density at radius 1 is 1.07 bits per heavy atom. The molecule has 4 amide bonds. The number of nitrogens with one attached hydrogen (secondary N) is 3. The number of rotatable bonds is 4.